The Bertz CT molecular complexity index is 786. The predicted molar refractivity (Wildman–Crippen MR) is 94.6 cm³/mol. The van der Waals surface area contributed by atoms with E-state index in [9.17, 15) is 4.79 Å². The van der Waals surface area contributed by atoms with Gasteiger partial charge in [0.2, 0.25) is 0 Å². The van der Waals surface area contributed by atoms with Crippen LogP contribution < -0.4 is 11.4 Å². The van der Waals surface area contributed by atoms with Crippen molar-refractivity contribution >= 4 is 27.9 Å². The Morgan fingerprint density at radius 2 is 1.86 bits per heavy atom. The standard InChI is InChI=1S/C17H22N2O2S/c1-10-6-13-12(9-22-16(18)19-17(3,4)5)8-15(20)21-14(13)7-11(10)2/h6-8H,9H2,1-5H3,(H2,18,19). The molecule has 0 saturated heterocycles. The molecule has 118 valence electrons. The van der Waals surface area contributed by atoms with Gasteiger partial charge in [-0.15, -0.1) is 0 Å². The van der Waals surface area contributed by atoms with E-state index in [1.165, 1.54) is 23.4 Å². The Morgan fingerprint density at radius 3 is 2.50 bits per heavy atom. The van der Waals surface area contributed by atoms with Crippen LogP contribution in [0.1, 0.15) is 37.5 Å². The third-order valence-electron chi connectivity index (χ3n) is 3.27. The molecule has 0 aliphatic carbocycles. The molecule has 4 nitrogen and oxygen atoms in total. The lowest BCUT2D eigenvalue weighted by Crippen LogP contribution is -2.18. The van der Waals surface area contributed by atoms with Crippen LogP contribution in [0.5, 0.6) is 0 Å². The number of amidine groups is 1. The zero-order valence-electron chi connectivity index (χ0n) is 13.7. The number of hydrogen-bond donors (Lipinski definition) is 1. The van der Waals surface area contributed by atoms with Crippen molar-refractivity contribution in [3.05, 3.63) is 45.3 Å². The fourth-order valence-corrected chi connectivity index (χ4v) is 3.00. The molecular formula is C17H22N2O2S. The van der Waals surface area contributed by atoms with Crippen LogP contribution in [0.4, 0.5) is 0 Å². The first-order chi connectivity index (χ1) is 10.2. The fourth-order valence-electron chi connectivity index (χ4n) is 2.12. The Labute approximate surface area is 134 Å². The molecule has 0 amide bonds. The minimum Gasteiger partial charge on any atom is -0.423 e. The highest BCUT2D eigenvalue weighted by atomic mass is 32.2. The molecule has 1 aromatic carbocycles. The molecule has 2 rings (SSSR count). The molecule has 0 aliphatic rings. The molecular weight excluding hydrogens is 296 g/mol. The number of hydrogen-bond acceptors (Lipinski definition) is 4. The van der Waals surface area contributed by atoms with Gasteiger partial charge in [-0.3, -0.25) is 4.99 Å². The zero-order chi connectivity index (χ0) is 16.5. The first-order valence-corrected chi connectivity index (χ1v) is 8.16. The molecule has 2 N–H and O–H groups in total. The van der Waals surface area contributed by atoms with Crippen LogP contribution in [0.3, 0.4) is 0 Å². The van der Waals surface area contributed by atoms with Crippen LogP contribution in [0, 0.1) is 13.8 Å². The molecule has 0 fully saturated rings. The number of aryl methyl sites for hydroxylation is 2. The molecule has 5 heteroatoms. The van der Waals surface area contributed by atoms with Crippen molar-refractivity contribution in [2.45, 2.75) is 45.9 Å². The van der Waals surface area contributed by atoms with E-state index in [0.29, 0.717) is 16.5 Å². The smallest absolute Gasteiger partial charge is 0.336 e. The van der Waals surface area contributed by atoms with E-state index in [0.717, 1.165) is 16.5 Å². The van der Waals surface area contributed by atoms with Crippen molar-refractivity contribution in [1.29, 1.82) is 0 Å². The third kappa shape index (κ3) is 4.13. The van der Waals surface area contributed by atoms with E-state index < -0.39 is 0 Å². The van der Waals surface area contributed by atoms with E-state index in [2.05, 4.69) is 11.1 Å². The van der Waals surface area contributed by atoms with Crippen molar-refractivity contribution in [3.63, 3.8) is 0 Å². The number of nitrogens with two attached hydrogens (primary N) is 1. The number of nitrogens with zero attached hydrogens (tertiary/aromatic N) is 1. The zero-order valence-corrected chi connectivity index (χ0v) is 14.5. The number of fused-ring (bicyclic) bond motifs is 1. The highest BCUT2D eigenvalue weighted by molar-refractivity contribution is 8.13. The number of thioether (sulfide) groups is 1. The SMILES string of the molecule is Cc1cc2oc(=O)cc(CSC(N)=NC(C)(C)C)c2cc1C. The van der Waals surface area contributed by atoms with Gasteiger partial charge in [-0.2, -0.15) is 0 Å². The van der Waals surface area contributed by atoms with Gasteiger partial charge in [-0.05, 0) is 63.4 Å². The number of benzene rings is 1. The summed E-state index contributed by atoms with van der Waals surface area (Å²) in [7, 11) is 0. The van der Waals surface area contributed by atoms with Crippen molar-refractivity contribution in [3.8, 4) is 0 Å². The molecule has 2 aromatic rings. The monoisotopic (exact) mass is 318 g/mol. The highest BCUT2D eigenvalue weighted by Crippen LogP contribution is 2.25. The van der Waals surface area contributed by atoms with Crippen molar-refractivity contribution in [2.75, 3.05) is 0 Å². The Kier molecular flexibility index (Phi) is 4.66. The average molecular weight is 318 g/mol. The Hall–Kier alpha value is -1.75. The topological polar surface area (TPSA) is 68.6 Å². The summed E-state index contributed by atoms with van der Waals surface area (Å²) in [5.41, 5.74) is 9.24. The summed E-state index contributed by atoms with van der Waals surface area (Å²) in [4.78, 5) is 16.2. The van der Waals surface area contributed by atoms with Gasteiger partial charge in [0, 0.05) is 17.2 Å². The van der Waals surface area contributed by atoms with Crippen LogP contribution in [-0.2, 0) is 5.75 Å². The average Bonchev–Trinajstić information content (AvgIpc) is 2.36. The molecule has 1 heterocycles. The van der Waals surface area contributed by atoms with E-state index in [1.54, 1.807) is 0 Å². The van der Waals surface area contributed by atoms with Gasteiger partial charge in [0.1, 0.15) is 5.58 Å². The van der Waals surface area contributed by atoms with Crippen molar-refractivity contribution < 1.29 is 4.42 Å². The molecule has 0 atom stereocenters. The summed E-state index contributed by atoms with van der Waals surface area (Å²) in [5.74, 6) is 0.593. The first-order valence-electron chi connectivity index (χ1n) is 7.18. The Balaban J connectivity index is 2.37. The molecule has 0 bridgehead atoms. The van der Waals surface area contributed by atoms with Gasteiger partial charge in [0.05, 0.1) is 5.54 Å². The number of rotatable bonds is 2. The quantitative estimate of drug-likeness (QED) is 0.520. The summed E-state index contributed by atoms with van der Waals surface area (Å²) in [6, 6.07) is 5.50. The van der Waals surface area contributed by atoms with E-state index in [4.69, 9.17) is 10.2 Å². The summed E-state index contributed by atoms with van der Waals surface area (Å²) < 4.78 is 5.30. The fraction of sp³-hybridized carbons (Fsp3) is 0.412. The van der Waals surface area contributed by atoms with Crippen LogP contribution >= 0.6 is 11.8 Å². The molecule has 22 heavy (non-hydrogen) atoms. The molecule has 0 spiro atoms. The molecule has 0 radical (unpaired) electrons. The van der Waals surface area contributed by atoms with Gasteiger partial charge in [0.25, 0.3) is 0 Å². The minimum atomic E-state index is -0.335. The first kappa shape index (κ1) is 16.6. The van der Waals surface area contributed by atoms with E-state index in [1.807, 2.05) is 40.7 Å². The van der Waals surface area contributed by atoms with Crippen molar-refractivity contribution in [2.24, 2.45) is 10.7 Å². The predicted octanol–water partition coefficient (Wildman–Crippen LogP) is 3.76. The molecule has 0 unspecified atom stereocenters. The highest BCUT2D eigenvalue weighted by Gasteiger charge is 2.11. The van der Waals surface area contributed by atoms with Gasteiger partial charge < -0.3 is 10.2 Å². The third-order valence-corrected chi connectivity index (χ3v) is 4.11. The van der Waals surface area contributed by atoms with Crippen LogP contribution in [0.25, 0.3) is 11.0 Å². The van der Waals surface area contributed by atoms with Crippen LogP contribution in [0.2, 0.25) is 0 Å². The minimum absolute atomic E-state index is 0.206. The van der Waals surface area contributed by atoms with Gasteiger partial charge in [-0.25, -0.2) is 4.79 Å². The molecule has 1 aromatic heterocycles. The van der Waals surface area contributed by atoms with Gasteiger partial charge in [-0.1, -0.05) is 11.8 Å². The van der Waals surface area contributed by atoms with Crippen LogP contribution in [0.15, 0.2) is 32.4 Å². The van der Waals surface area contributed by atoms with Gasteiger partial charge >= 0.3 is 5.63 Å². The number of aliphatic imine (C=N–C) groups is 1. The second-order valence-corrected chi connectivity index (χ2v) is 7.43. The molecule has 0 saturated carbocycles. The summed E-state index contributed by atoms with van der Waals surface area (Å²) in [6.07, 6.45) is 0. The maximum absolute atomic E-state index is 11.7. The maximum atomic E-state index is 11.7. The largest absolute Gasteiger partial charge is 0.423 e. The summed E-state index contributed by atoms with van der Waals surface area (Å²) in [6.45, 7) is 10.0. The summed E-state index contributed by atoms with van der Waals surface area (Å²) >= 11 is 1.44. The van der Waals surface area contributed by atoms with Gasteiger partial charge in [0.15, 0.2) is 5.17 Å². The lowest BCUT2D eigenvalue weighted by Gasteiger charge is -2.13. The normalized spacial score (nSPS) is 12.9. The molecule has 0 aliphatic heterocycles. The van der Waals surface area contributed by atoms with E-state index >= 15 is 0 Å². The lowest BCUT2D eigenvalue weighted by molar-refractivity contribution is 0.559. The second-order valence-electron chi connectivity index (χ2n) is 6.43. The lowest BCUT2D eigenvalue weighted by atomic mass is 10.0. The Morgan fingerprint density at radius 1 is 1.23 bits per heavy atom. The second kappa shape index (κ2) is 6.16. The summed E-state index contributed by atoms with van der Waals surface area (Å²) in [5, 5.41) is 1.48. The van der Waals surface area contributed by atoms with Crippen LogP contribution in [-0.4, -0.2) is 10.7 Å². The maximum Gasteiger partial charge on any atom is 0.336 e. The van der Waals surface area contributed by atoms with E-state index in [-0.39, 0.29) is 11.2 Å². The van der Waals surface area contributed by atoms with Crippen molar-refractivity contribution in [1.82, 2.24) is 0 Å².